The number of hydrogen-bond donors (Lipinski definition) is 4. The molecule has 17 aliphatic carbocycles. The Bertz CT molecular complexity index is 3550. The molecule has 6 aromatic rings. The highest BCUT2D eigenvalue weighted by molar-refractivity contribution is 7.19. The van der Waals surface area contributed by atoms with Gasteiger partial charge in [-0.15, -0.1) is 11.3 Å². The number of halogens is 1. The minimum atomic E-state index is 0.423. The van der Waals surface area contributed by atoms with Gasteiger partial charge in [-0.25, -0.2) is 4.98 Å². The predicted molar refractivity (Wildman–Crippen MR) is 367 cm³/mol. The lowest BCUT2D eigenvalue weighted by molar-refractivity contribution is -0.0210. The summed E-state index contributed by atoms with van der Waals surface area (Å²) in [7, 11) is 3.89. The van der Waals surface area contributed by atoms with Crippen LogP contribution in [0.5, 0.6) is 5.75 Å². The number of imidazole rings is 1. The summed E-state index contributed by atoms with van der Waals surface area (Å²) in [6.07, 6.45) is 39.8. The molecule has 470 valence electrons. The van der Waals surface area contributed by atoms with E-state index >= 15 is 0 Å². The number of nitrogens with one attached hydrogen (secondary N) is 4. The molecule has 24 rings (SSSR count). The quantitative estimate of drug-likeness (QED) is 0.0922. The van der Waals surface area contributed by atoms with Crippen LogP contribution in [0.15, 0.2) is 95.5 Å². The maximum absolute atomic E-state index is 6.07. The van der Waals surface area contributed by atoms with Gasteiger partial charge in [0, 0.05) is 75.6 Å². The van der Waals surface area contributed by atoms with Crippen molar-refractivity contribution in [2.45, 2.75) is 209 Å². The molecule has 0 unspecified atom stereocenters. The van der Waals surface area contributed by atoms with Gasteiger partial charge in [-0.1, -0.05) is 65.7 Å². The number of aromatic nitrogens is 2. The fourth-order valence-corrected chi connectivity index (χ4v) is 25.3. The summed E-state index contributed by atoms with van der Waals surface area (Å²) in [6, 6.07) is 30.1. The fraction of sp³-hybridized carbons (Fsp3) is 0.620. The largest absolute Gasteiger partial charge is 0.497 e. The molecule has 0 saturated heterocycles. The number of ether oxygens (including phenoxy) is 1. The van der Waals surface area contributed by atoms with Crippen molar-refractivity contribution in [2.75, 3.05) is 20.2 Å². The van der Waals surface area contributed by atoms with Gasteiger partial charge < -0.3 is 30.6 Å². The van der Waals surface area contributed by atoms with Crippen LogP contribution < -0.4 is 26.0 Å². The number of fused-ring (bicyclic) bond motifs is 4. The van der Waals surface area contributed by atoms with Gasteiger partial charge in [0.15, 0.2) is 0 Å². The number of hydrogen-bond acceptors (Lipinski definition) is 8. The number of rotatable bonds is 13. The third-order valence-electron chi connectivity index (χ3n) is 26.3. The van der Waals surface area contributed by atoms with E-state index in [-0.39, 0.29) is 0 Å². The highest BCUT2D eigenvalue weighted by Gasteiger charge is 2.54. The molecule has 8 nitrogen and oxygen atoms in total. The van der Waals surface area contributed by atoms with Crippen molar-refractivity contribution in [1.29, 1.82) is 0 Å². The SMILES string of the molecule is COc1ccc2c(c1)C=C(CNC13CC4CC(CC(C4)C1)C3)C2.Cc1cccc2cc(CNC34CC5CC(CC(C5)C3)C4)sc12.Clc1ccc2c(c1)N=C(CNC13CC4CC(CC(C4)C1)C3)C2.Cn1c(CNC23CC4CC(CC(C4)C2)C3)nc2ccccc21. The van der Waals surface area contributed by atoms with Crippen LogP contribution in [-0.2, 0) is 33.0 Å². The lowest BCUT2D eigenvalue weighted by atomic mass is 9.53. The van der Waals surface area contributed by atoms with E-state index in [9.17, 15) is 0 Å². The van der Waals surface area contributed by atoms with Crippen LogP contribution in [0, 0.1) is 77.9 Å². The Balaban J connectivity index is 0.0000000918. The third-order valence-corrected chi connectivity index (χ3v) is 27.8. The minimum Gasteiger partial charge on any atom is -0.497 e. The van der Waals surface area contributed by atoms with Crippen LogP contribution in [0.1, 0.15) is 187 Å². The van der Waals surface area contributed by atoms with Crippen LogP contribution in [0.25, 0.3) is 27.2 Å². The molecule has 18 aliphatic rings. The molecule has 16 saturated carbocycles. The molecule has 0 atom stereocenters. The molecule has 1 aliphatic heterocycles. The second-order valence-electron chi connectivity index (χ2n) is 33.2. The van der Waals surface area contributed by atoms with Gasteiger partial charge in [0.05, 0.1) is 30.4 Å². The minimum absolute atomic E-state index is 0.423. The summed E-state index contributed by atoms with van der Waals surface area (Å²) >= 11 is 8.06. The Labute approximate surface area is 540 Å². The topological polar surface area (TPSA) is 87.5 Å². The number of thiophene rings is 1. The lowest BCUT2D eigenvalue weighted by Gasteiger charge is -2.57. The molecule has 0 radical (unpaired) electrons. The van der Waals surface area contributed by atoms with Gasteiger partial charge in [-0.3, -0.25) is 4.99 Å². The molecule has 4 N–H and O–H groups in total. The first-order valence-electron chi connectivity index (χ1n) is 35.9. The van der Waals surface area contributed by atoms with Crippen LogP contribution in [-0.4, -0.2) is 57.6 Å². The zero-order chi connectivity index (χ0) is 59.6. The summed E-state index contributed by atoms with van der Waals surface area (Å²) in [5, 5.41) is 18.2. The maximum Gasteiger partial charge on any atom is 0.123 e. The normalized spacial score (nSPS) is 36.9. The van der Waals surface area contributed by atoms with Gasteiger partial charge in [0.25, 0.3) is 0 Å². The third kappa shape index (κ3) is 11.9. The molecule has 10 heteroatoms. The average Bonchev–Trinajstić information content (AvgIpc) is 2.49. The van der Waals surface area contributed by atoms with Gasteiger partial charge in [0.1, 0.15) is 11.6 Å². The summed E-state index contributed by atoms with van der Waals surface area (Å²) < 4.78 is 9.08. The Kier molecular flexibility index (Phi) is 15.3. The molecule has 0 spiro atoms. The zero-order valence-electron chi connectivity index (χ0n) is 53.8. The van der Waals surface area contributed by atoms with Gasteiger partial charge in [-0.2, -0.15) is 0 Å². The van der Waals surface area contributed by atoms with Crippen LogP contribution in [0.4, 0.5) is 5.69 Å². The summed E-state index contributed by atoms with van der Waals surface area (Å²) in [4.78, 5) is 11.1. The molecule has 4 aromatic carbocycles. The van der Waals surface area contributed by atoms with Crippen LogP contribution in [0.3, 0.4) is 0 Å². The first kappa shape index (κ1) is 58.5. The average molecular weight is 1230 g/mol. The summed E-state index contributed by atoms with van der Waals surface area (Å²) in [5.74, 6) is 14.3. The first-order valence-corrected chi connectivity index (χ1v) is 37.1. The van der Waals surface area contributed by atoms with Crippen molar-refractivity contribution in [3.05, 3.63) is 128 Å². The number of methoxy groups -OCH3 is 1. The van der Waals surface area contributed by atoms with Gasteiger partial charge in [-0.05, 0) is 309 Å². The fourth-order valence-electron chi connectivity index (χ4n) is 24.1. The Morgan fingerprint density at radius 2 is 1.02 bits per heavy atom. The van der Waals surface area contributed by atoms with E-state index in [4.69, 9.17) is 26.3 Å². The van der Waals surface area contributed by atoms with E-state index in [2.05, 4.69) is 119 Å². The van der Waals surface area contributed by atoms with Gasteiger partial charge in [0.2, 0.25) is 0 Å². The second-order valence-corrected chi connectivity index (χ2v) is 34.7. The lowest BCUT2D eigenvalue weighted by Crippen LogP contribution is -2.59. The van der Waals surface area contributed by atoms with Gasteiger partial charge >= 0.3 is 0 Å². The van der Waals surface area contributed by atoms with E-state index in [1.807, 2.05) is 23.5 Å². The van der Waals surface area contributed by atoms with Crippen molar-refractivity contribution in [1.82, 2.24) is 30.8 Å². The van der Waals surface area contributed by atoms with E-state index in [1.165, 1.54) is 208 Å². The van der Waals surface area contributed by atoms with Crippen molar-refractivity contribution >= 4 is 61.5 Å². The first-order chi connectivity index (χ1) is 43.3. The van der Waals surface area contributed by atoms with E-state index in [0.29, 0.717) is 22.2 Å². The maximum atomic E-state index is 6.07. The summed E-state index contributed by atoms with van der Waals surface area (Å²) in [5.41, 5.74) is 13.6. The number of aliphatic imine (C=N–C) groups is 1. The number of nitrogens with zero attached hydrogens (tertiary/aromatic N) is 3. The molecule has 16 fully saturated rings. The number of aryl methyl sites for hydroxylation is 2. The molecular weight excluding hydrogens is 1130 g/mol. The van der Waals surface area contributed by atoms with Crippen LogP contribution in [0.2, 0.25) is 5.02 Å². The monoisotopic (exact) mass is 1230 g/mol. The standard InChI is InChI=1S/C21H27NO.C20H25NS.C19H23ClN2.C19H25N3/c1-23-20-3-2-18-7-17(8-19(18)9-20)13-22-21-10-14-4-15(11-21)6-16(5-14)12-21;1-13-3-2-4-17-8-18(22-19(13)17)12-21-20-9-14-5-15(10-20)7-16(6-14)11-20;20-16-2-1-15-6-17(22-18(15)7-16)11-21-19-8-12-3-13(9-19)5-14(4-12)10-19;1-22-17-5-3-2-4-16(17)21-18(22)12-20-19-9-13-6-14(10-19)8-15(7-13)11-19/h2-3,8-9,14-16,22H,4-7,10-13H2,1H3;2-4,8,14-16,21H,5-7,9-12H2,1H3;1-2,7,12-14,21H,3-6,8-11H2;2-5,13-15,20H,6-12H2,1H3. The molecular formula is C79H100ClN7OS. The smallest absolute Gasteiger partial charge is 0.123 e. The van der Waals surface area contributed by atoms with E-state index < -0.39 is 0 Å². The molecule has 3 heterocycles. The Morgan fingerprint density at radius 3 is 1.54 bits per heavy atom. The molecule has 2 aromatic heterocycles. The summed E-state index contributed by atoms with van der Waals surface area (Å²) in [6.45, 7) is 6.25. The van der Waals surface area contributed by atoms with Crippen molar-refractivity contribution < 1.29 is 4.74 Å². The van der Waals surface area contributed by atoms with Crippen molar-refractivity contribution in [3.63, 3.8) is 0 Å². The number of para-hydroxylation sites is 2. The van der Waals surface area contributed by atoms with Crippen molar-refractivity contribution in [2.24, 2.45) is 83.1 Å². The Hall–Kier alpha value is -4.35. The molecule has 89 heavy (non-hydrogen) atoms. The van der Waals surface area contributed by atoms with Crippen molar-refractivity contribution in [3.8, 4) is 5.75 Å². The highest BCUT2D eigenvalue weighted by Crippen LogP contribution is 2.59. The molecule has 0 amide bonds. The van der Waals surface area contributed by atoms with E-state index in [0.717, 1.165) is 132 Å². The highest BCUT2D eigenvalue weighted by atomic mass is 35.5. The second kappa shape index (κ2) is 23.3. The van der Waals surface area contributed by atoms with E-state index in [1.54, 1.807) is 12.7 Å². The molecule has 16 bridgehead atoms. The zero-order valence-corrected chi connectivity index (χ0v) is 55.4. The number of benzene rings is 4. The van der Waals surface area contributed by atoms with Crippen LogP contribution >= 0.6 is 22.9 Å². The predicted octanol–water partition coefficient (Wildman–Crippen LogP) is 17.6. The Morgan fingerprint density at radius 1 is 0.528 bits per heavy atom.